The van der Waals surface area contributed by atoms with Gasteiger partial charge in [-0.25, -0.2) is 4.39 Å². The lowest BCUT2D eigenvalue weighted by Crippen LogP contribution is -2.11. The molecule has 0 aliphatic heterocycles. The molecule has 0 aliphatic carbocycles. The molecule has 0 N–H and O–H groups in total. The van der Waals surface area contributed by atoms with Crippen molar-refractivity contribution in [3.63, 3.8) is 0 Å². The van der Waals surface area contributed by atoms with E-state index in [9.17, 15) is 14.5 Å². The van der Waals surface area contributed by atoms with Crippen molar-refractivity contribution in [1.29, 1.82) is 0 Å². The Balaban J connectivity index is 1.61. The number of nitro groups is 1. The number of benzene rings is 3. The van der Waals surface area contributed by atoms with Gasteiger partial charge < -0.3 is 9.47 Å². The van der Waals surface area contributed by atoms with Gasteiger partial charge in [0.05, 0.1) is 6.61 Å². The Morgan fingerprint density at radius 1 is 1.03 bits per heavy atom. The average molecular weight is 509 g/mol. The molecule has 1 atom stereocenters. The molecule has 0 amide bonds. The van der Waals surface area contributed by atoms with Crippen LogP contribution in [0.2, 0.25) is 0 Å². The number of ether oxygens (including phenoxy) is 2. The van der Waals surface area contributed by atoms with Crippen LogP contribution in [0, 0.1) is 22.9 Å². The minimum atomic E-state index is -0.545. The summed E-state index contributed by atoms with van der Waals surface area (Å²) < 4.78 is 26.8. The molecule has 4 rings (SSSR count). The quantitative estimate of drug-likeness (QED) is 0.144. The predicted octanol–water partition coefficient (Wildman–Crippen LogP) is 5.80. The van der Waals surface area contributed by atoms with Crippen LogP contribution in [0.3, 0.4) is 0 Å². The van der Waals surface area contributed by atoms with Crippen LogP contribution in [0.5, 0.6) is 11.5 Å². The van der Waals surface area contributed by atoms with Gasteiger partial charge in [0.1, 0.15) is 23.5 Å². The summed E-state index contributed by atoms with van der Waals surface area (Å²) in [6.45, 7) is 4.00. The SMILES string of the molecule is CCOc1cc([C@H](C[N+](=O)[O-])Sc2nnc(C)n2-c2ccccc2)ccc1OCc1ccc(F)cc1. The molecule has 0 bridgehead atoms. The maximum absolute atomic E-state index is 13.2. The number of halogens is 1. The van der Waals surface area contributed by atoms with Gasteiger partial charge >= 0.3 is 0 Å². The topological polar surface area (TPSA) is 92.3 Å². The average Bonchev–Trinajstić information content (AvgIpc) is 3.24. The van der Waals surface area contributed by atoms with Crippen LogP contribution in [-0.4, -0.2) is 32.8 Å². The molecule has 10 heteroatoms. The number of rotatable bonds is 11. The number of nitrogens with zero attached hydrogens (tertiary/aromatic N) is 4. The van der Waals surface area contributed by atoms with E-state index in [1.54, 1.807) is 30.3 Å². The second-order valence-electron chi connectivity index (χ2n) is 7.88. The first-order valence-corrected chi connectivity index (χ1v) is 12.2. The summed E-state index contributed by atoms with van der Waals surface area (Å²) in [4.78, 5) is 11.2. The lowest BCUT2D eigenvalue weighted by molar-refractivity contribution is -0.479. The van der Waals surface area contributed by atoms with Crippen molar-refractivity contribution in [3.05, 3.63) is 106 Å². The van der Waals surface area contributed by atoms with Gasteiger partial charge in [0, 0.05) is 10.6 Å². The maximum Gasteiger partial charge on any atom is 0.220 e. The van der Waals surface area contributed by atoms with Crippen LogP contribution in [0.1, 0.15) is 29.1 Å². The largest absolute Gasteiger partial charge is 0.490 e. The van der Waals surface area contributed by atoms with Crippen molar-refractivity contribution < 1.29 is 18.8 Å². The third kappa shape index (κ3) is 6.19. The molecule has 36 heavy (non-hydrogen) atoms. The summed E-state index contributed by atoms with van der Waals surface area (Å²) >= 11 is 1.27. The highest BCUT2D eigenvalue weighted by Crippen LogP contribution is 2.39. The second kappa shape index (κ2) is 11.7. The van der Waals surface area contributed by atoms with Gasteiger partial charge in [-0.3, -0.25) is 14.7 Å². The van der Waals surface area contributed by atoms with Gasteiger partial charge in [-0.15, -0.1) is 10.2 Å². The molecular formula is C26H25FN4O4S. The maximum atomic E-state index is 13.2. The van der Waals surface area contributed by atoms with Crippen molar-refractivity contribution in [3.8, 4) is 17.2 Å². The Morgan fingerprint density at radius 3 is 2.47 bits per heavy atom. The predicted molar refractivity (Wildman–Crippen MR) is 135 cm³/mol. The third-order valence-electron chi connectivity index (χ3n) is 5.32. The Hall–Kier alpha value is -3.92. The molecule has 0 unspecified atom stereocenters. The van der Waals surface area contributed by atoms with Gasteiger partial charge in [0.15, 0.2) is 16.7 Å². The van der Waals surface area contributed by atoms with Crippen LogP contribution in [-0.2, 0) is 6.61 Å². The molecule has 186 valence electrons. The van der Waals surface area contributed by atoms with Crippen LogP contribution in [0.25, 0.3) is 5.69 Å². The van der Waals surface area contributed by atoms with Gasteiger partial charge in [0.25, 0.3) is 0 Å². The number of hydrogen-bond acceptors (Lipinski definition) is 7. The highest BCUT2D eigenvalue weighted by atomic mass is 32.2. The molecular weight excluding hydrogens is 483 g/mol. The minimum absolute atomic E-state index is 0.228. The number of thioether (sulfide) groups is 1. The molecule has 0 radical (unpaired) electrons. The summed E-state index contributed by atoms with van der Waals surface area (Å²) in [5, 5.41) is 20.0. The van der Waals surface area contributed by atoms with E-state index < -0.39 is 5.25 Å². The summed E-state index contributed by atoms with van der Waals surface area (Å²) in [5.74, 6) is 1.35. The minimum Gasteiger partial charge on any atom is -0.490 e. The highest BCUT2D eigenvalue weighted by molar-refractivity contribution is 7.99. The zero-order valence-corrected chi connectivity index (χ0v) is 20.7. The van der Waals surface area contributed by atoms with Crippen molar-refractivity contribution in [2.75, 3.05) is 13.2 Å². The van der Waals surface area contributed by atoms with Crippen molar-refractivity contribution in [2.45, 2.75) is 30.9 Å². The number of hydrogen-bond donors (Lipinski definition) is 0. The number of para-hydroxylation sites is 1. The van der Waals surface area contributed by atoms with E-state index in [1.807, 2.05) is 48.7 Å². The Morgan fingerprint density at radius 2 is 1.78 bits per heavy atom. The molecule has 8 nitrogen and oxygen atoms in total. The summed E-state index contributed by atoms with van der Waals surface area (Å²) in [5.41, 5.74) is 2.39. The lowest BCUT2D eigenvalue weighted by Gasteiger charge is -2.17. The van der Waals surface area contributed by atoms with Crippen LogP contribution in [0.15, 0.2) is 78.0 Å². The first-order chi connectivity index (χ1) is 17.4. The Labute approximate surface area is 212 Å². The van der Waals surface area contributed by atoms with Crippen LogP contribution in [0.4, 0.5) is 4.39 Å². The second-order valence-corrected chi connectivity index (χ2v) is 9.05. The molecule has 1 aromatic heterocycles. The molecule has 0 fully saturated rings. The van der Waals surface area contributed by atoms with E-state index in [0.29, 0.717) is 34.7 Å². The van der Waals surface area contributed by atoms with Crippen molar-refractivity contribution in [2.24, 2.45) is 0 Å². The van der Waals surface area contributed by atoms with Crippen molar-refractivity contribution in [1.82, 2.24) is 14.8 Å². The van der Waals surface area contributed by atoms with E-state index in [0.717, 1.165) is 11.3 Å². The van der Waals surface area contributed by atoms with Gasteiger partial charge in [-0.05, 0) is 61.4 Å². The monoisotopic (exact) mass is 508 g/mol. The van der Waals surface area contributed by atoms with Crippen LogP contribution < -0.4 is 9.47 Å². The Bertz CT molecular complexity index is 1320. The zero-order valence-electron chi connectivity index (χ0n) is 19.8. The van der Waals surface area contributed by atoms with E-state index in [2.05, 4.69) is 10.2 Å². The van der Waals surface area contributed by atoms with Gasteiger partial charge in [-0.1, -0.05) is 48.2 Å². The lowest BCUT2D eigenvalue weighted by atomic mass is 10.1. The molecule has 4 aromatic rings. The molecule has 3 aromatic carbocycles. The highest BCUT2D eigenvalue weighted by Gasteiger charge is 2.25. The zero-order chi connectivity index (χ0) is 25.5. The summed E-state index contributed by atoms with van der Waals surface area (Å²) in [7, 11) is 0. The molecule has 1 heterocycles. The molecule has 0 aliphatic rings. The fourth-order valence-electron chi connectivity index (χ4n) is 3.62. The summed E-state index contributed by atoms with van der Waals surface area (Å²) in [6.07, 6.45) is 0. The van der Waals surface area contributed by atoms with E-state index >= 15 is 0 Å². The smallest absolute Gasteiger partial charge is 0.220 e. The van der Waals surface area contributed by atoms with Crippen molar-refractivity contribution >= 4 is 11.8 Å². The van der Waals surface area contributed by atoms with Gasteiger partial charge in [-0.2, -0.15) is 0 Å². The molecule has 0 spiro atoms. The van der Waals surface area contributed by atoms with E-state index in [4.69, 9.17) is 9.47 Å². The fraction of sp³-hybridized carbons (Fsp3) is 0.231. The Kier molecular flexibility index (Phi) is 8.17. The van der Waals surface area contributed by atoms with Gasteiger partial charge in [0.2, 0.25) is 6.54 Å². The first kappa shape index (κ1) is 25.2. The molecule has 0 saturated carbocycles. The first-order valence-electron chi connectivity index (χ1n) is 11.3. The number of aryl methyl sites for hydroxylation is 1. The molecule has 0 saturated heterocycles. The summed E-state index contributed by atoms with van der Waals surface area (Å²) in [6, 6.07) is 21.0. The third-order valence-corrected chi connectivity index (χ3v) is 6.50. The van der Waals surface area contributed by atoms with E-state index in [-0.39, 0.29) is 23.9 Å². The fourth-order valence-corrected chi connectivity index (χ4v) is 4.79. The normalized spacial score (nSPS) is 11.8. The van der Waals surface area contributed by atoms with Crippen LogP contribution >= 0.6 is 11.8 Å². The van der Waals surface area contributed by atoms with E-state index in [1.165, 1.54) is 23.9 Å². The standard InChI is InChI=1S/C26H25FN4O4S/c1-3-34-24-15-20(11-14-23(24)35-17-19-9-12-21(27)13-10-19)25(16-30(32)33)36-26-29-28-18(2)31(26)22-7-5-4-6-8-22/h4-15,25H,3,16-17H2,1-2H3/t25-/m0/s1. The number of aromatic nitrogens is 3.